The van der Waals surface area contributed by atoms with E-state index in [0.29, 0.717) is 13.0 Å². The molecule has 0 spiro atoms. The van der Waals surface area contributed by atoms with Gasteiger partial charge in [0.15, 0.2) is 0 Å². The van der Waals surface area contributed by atoms with Crippen LogP contribution < -0.4 is 0 Å². The number of benzene rings is 1. The van der Waals surface area contributed by atoms with E-state index in [-0.39, 0.29) is 22.4 Å². The van der Waals surface area contributed by atoms with Crippen molar-refractivity contribution in [1.82, 2.24) is 4.90 Å². The quantitative estimate of drug-likeness (QED) is 0.612. The number of hydrogen-bond donors (Lipinski definition) is 0. The Morgan fingerprint density at radius 2 is 2.25 bits per heavy atom. The van der Waals surface area contributed by atoms with Crippen molar-refractivity contribution in [3.05, 3.63) is 39.9 Å². The Bertz CT molecular complexity index is 502. The minimum Gasteiger partial charge on any atom is -0.300 e. The molecule has 0 N–H and O–H groups in total. The van der Waals surface area contributed by atoms with Gasteiger partial charge in [0.2, 0.25) is 0 Å². The molecule has 0 aromatic heterocycles. The Balaban J connectivity index is 2.08. The first-order valence-electron chi connectivity index (χ1n) is 7.03. The molecule has 1 aromatic rings. The van der Waals surface area contributed by atoms with Gasteiger partial charge in [0.05, 0.1) is 4.92 Å². The summed E-state index contributed by atoms with van der Waals surface area (Å²) in [5.41, 5.74) is 1.07. The lowest BCUT2D eigenvalue weighted by Gasteiger charge is -2.35. The van der Waals surface area contributed by atoms with Gasteiger partial charge in [-0.1, -0.05) is 18.6 Å². The van der Waals surface area contributed by atoms with E-state index in [2.05, 4.69) is 4.90 Å². The van der Waals surface area contributed by atoms with Crippen molar-refractivity contribution in [2.75, 3.05) is 6.54 Å². The monoisotopic (exact) mass is 276 g/mol. The number of hydrogen-bond acceptors (Lipinski definition) is 4. The van der Waals surface area contributed by atoms with Crippen LogP contribution >= 0.6 is 0 Å². The average molecular weight is 276 g/mol. The van der Waals surface area contributed by atoms with Crippen molar-refractivity contribution in [1.29, 1.82) is 0 Å². The maximum atomic E-state index is 11.3. The van der Waals surface area contributed by atoms with Crippen molar-refractivity contribution >= 4 is 11.5 Å². The van der Waals surface area contributed by atoms with Gasteiger partial charge in [0.25, 0.3) is 5.69 Å². The molecule has 0 radical (unpaired) electrons. The Morgan fingerprint density at radius 3 is 2.95 bits per heavy atom. The summed E-state index contributed by atoms with van der Waals surface area (Å²) in [7, 11) is 0. The summed E-state index contributed by atoms with van der Waals surface area (Å²) in [4.78, 5) is 24.1. The second-order valence-corrected chi connectivity index (χ2v) is 5.45. The zero-order chi connectivity index (χ0) is 14.5. The number of rotatable bonds is 5. The molecule has 1 saturated heterocycles. The first kappa shape index (κ1) is 14.7. The minimum atomic E-state index is -0.368. The van der Waals surface area contributed by atoms with Crippen LogP contribution in [-0.4, -0.2) is 28.2 Å². The van der Waals surface area contributed by atoms with Gasteiger partial charge in [0.1, 0.15) is 5.78 Å². The van der Waals surface area contributed by atoms with Crippen LogP contribution in [0.1, 0.15) is 38.2 Å². The molecule has 1 aliphatic rings. The van der Waals surface area contributed by atoms with E-state index in [1.54, 1.807) is 19.1 Å². The highest BCUT2D eigenvalue weighted by atomic mass is 16.6. The average Bonchev–Trinajstić information content (AvgIpc) is 2.41. The molecule has 0 saturated carbocycles. The lowest BCUT2D eigenvalue weighted by Crippen LogP contribution is -2.39. The van der Waals surface area contributed by atoms with Gasteiger partial charge >= 0.3 is 0 Å². The fourth-order valence-electron chi connectivity index (χ4n) is 2.83. The van der Waals surface area contributed by atoms with Gasteiger partial charge in [-0.3, -0.25) is 19.8 Å². The van der Waals surface area contributed by atoms with E-state index in [4.69, 9.17) is 0 Å². The third-order valence-electron chi connectivity index (χ3n) is 3.78. The molecule has 0 aliphatic carbocycles. The summed E-state index contributed by atoms with van der Waals surface area (Å²) in [6, 6.07) is 7.04. The Kier molecular flexibility index (Phi) is 4.84. The summed E-state index contributed by atoms with van der Waals surface area (Å²) in [5, 5.41) is 10.8. The molecule has 5 heteroatoms. The number of carbonyl (C=O) groups excluding carboxylic acids is 1. The molecular formula is C15H20N2O3. The van der Waals surface area contributed by atoms with Crippen LogP contribution in [0.5, 0.6) is 0 Å². The van der Waals surface area contributed by atoms with Crippen LogP contribution in [0.15, 0.2) is 24.3 Å². The first-order chi connectivity index (χ1) is 9.56. The minimum absolute atomic E-state index is 0.127. The number of non-ortho nitro benzene ring substituents is 1. The van der Waals surface area contributed by atoms with Crippen LogP contribution in [0.2, 0.25) is 0 Å². The number of carbonyl (C=O) groups is 1. The summed E-state index contributed by atoms with van der Waals surface area (Å²) in [6.45, 7) is 3.26. The standard InChI is InChI=1S/C15H20N2O3/c1-12(18)9-14-6-2-3-8-16(14)11-13-5-4-7-15(10-13)17(19)20/h4-5,7,10,14H,2-3,6,8-9,11H2,1H3. The van der Waals surface area contributed by atoms with Crippen LogP contribution in [0.4, 0.5) is 5.69 Å². The van der Waals surface area contributed by atoms with E-state index in [9.17, 15) is 14.9 Å². The summed E-state index contributed by atoms with van der Waals surface area (Å²) < 4.78 is 0. The van der Waals surface area contributed by atoms with Crippen molar-refractivity contribution in [3.63, 3.8) is 0 Å². The molecule has 1 aromatic carbocycles. The summed E-state index contributed by atoms with van der Waals surface area (Å²) in [6.07, 6.45) is 3.90. The topological polar surface area (TPSA) is 63.5 Å². The predicted octanol–water partition coefficient (Wildman–Crippen LogP) is 2.93. The smallest absolute Gasteiger partial charge is 0.269 e. The molecule has 1 fully saturated rings. The van der Waals surface area contributed by atoms with Gasteiger partial charge < -0.3 is 0 Å². The molecule has 1 atom stereocenters. The molecule has 0 amide bonds. The highest BCUT2D eigenvalue weighted by molar-refractivity contribution is 5.76. The molecule has 2 rings (SSSR count). The number of nitro benzene ring substituents is 1. The lowest BCUT2D eigenvalue weighted by atomic mass is 9.97. The zero-order valence-electron chi connectivity index (χ0n) is 11.7. The maximum Gasteiger partial charge on any atom is 0.269 e. The van der Waals surface area contributed by atoms with Crippen molar-refractivity contribution in [2.45, 2.75) is 45.2 Å². The molecule has 5 nitrogen and oxygen atoms in total. The van der Waals surface area contributed by atoms with E-state index in [1.807, 2.05) is 6.07 Å². The third kappa shape index (κ3) is 3.87. The Morgan fingerprint density at radius 1 is 1.45 bits per heavy atom. The molecule has 108 valence electrons. The first-order valence-corrected chi connectivity index (χ1v) is 7.03. The summed E-state index contributed by atoms with van der Waals surface area (Å²) in [5.74, 6) is 0.209. The number of Topliss-reactive ketones (excluding diaryl/α,β-unsaturated/α-hetero) is 1. The number of likely N-dealkylation sites (tertiary alicyclic amines) is 1. The predicted molar refractivity (Wildman–Crippen MR) is 76.4 cm³/mol. The van der Waals surface area contributed by atoms with Gasteiger partial charge in [-0.2, -0.15) is 0 Å². The lowest BCUT2D eigenvalue weighted by molar-refractivity contribution is -0.384. The van der Waals surface area contributed by atoms with E-state index < -0.39 is 0 Å². The molecule has 1 unspecified atom stereocenters. The van der Waals surface area contributed by atoms with Gasteiger partial charge in [0, 0.05) is 31.1 Å². The van der Waals surface area contributed by atoms with Gasteiger partial charge in [-0.25, -0.2) is 0 Å². The normalized spacial score (nSPS) is 19.8. The van der Waals surface area contributed by atoms with E-state index >= 15 is 0 Å². The van der Waals surface area contributed by atoms with E-state index in [0.717, 1.165) is 31.4 Å². The zero-order valence-corrected chi connectivity index (χ0v) is 11.7. The van der Waals surface area contributed by atoms with Crippen molar-refractivity contribution in [3.8, 4) is 0 Å². The Labute approximate surface area is 118 Å². The highest BCUT2D eigenvalue weighted by Gasteiger charge is 2.23. The largest absolute Gasteiger partial charge is 0.300 e. The molecule has 1 heterocycles. The maximum absolute atomic E-state index is 11.3. The third-order valence-corrected chi connectivity index (χ3v) is 3.78. The van der Waals surface area contributed by atoms with Crippen LogP contribution in [-0.2, 0) is 11.3 Å². The number of nitro groups is 1. The van der Waals surface area contributed by atoms with Crippen LogP contribution in [0.3, 0.4) is 0 Å². The molecular weight excluding hydrogens is 256 g/mol. The van der Waals surface area contributed by atoms with Gasteiger partial charge in [-0.15, -0.1) is 0 Å². The molecule has 1 aliphatic heterocycles. The van der Waals surface area contributed by atoms with Crippen molar-refractivity contribution < 1.29 is 9.72 Å². The SMILES string of the molecule is CC(=O)CC1CCCCN1Cc1cccc([N+](=O)[O-])c1. The number of ketones is 1. The second-order valence-electron chi connectivity index (χ2n) is 5.45. The highest BCUT2D eigenvalue weighted by Crippen LogP contribution is 2.23. The summed E-state index contributed by atoms with van der Waals surface area (Å²) >= 11 is 0. The fraction of sp³-hybridized carbons (Fsp3) is 0.533. The van der Waals surface area contributed by atoms with Crippen LogP contribution in [0, 0.1) is 10.1 Å². The molecule has 20 heavy (non-hydrogen) atoms. The van der Waals surface area contributed by atoms with Gasteiger partial charge in [-0.05, 0) is 31.9 Å². The fourth-order valence-corrected chi connectivity index (χ4v) is 2.83. The number of nitrogens with zero attached hydrogens (tertiary/aromatic N) is 2. The Hall–Kier alpha value is -1.75. The second kappa shape index (κ2) is 6.61. The number of piperidine rings is 1. The van der Waals surface area contributed by atoms with Crippen molar-refractivity contribution in [2.24, 2.45) is 0 Å². The van der Waals surface area contributed by atoms with E-state index in [1.165, 1.54) is 6.07 Å². The molecule has 0 bridgehead atoms. The van der Waals surface area contributed by atoms with Crippen LogP contribution in [0.25, 0.3) is 0 Å².